The average molecular weight is 313 g/mol. The Morgan fingerprint density at radius 1 is 1.22 bits per heavy atom. The van der Waals surface area contributed by atoms with Gasteiger partial charge < -0.3 is 5.73 Å². The summed E-state index contributed by atoms with van der Waals surface area (Å²) in [6, 6.07) is 4.29. The van der Waals surface area contributed by atoms with Crippen molar-refractivity contribution in [1.82, 2.24) is 0 Å². The molecule has 0 aliphatic heterocycles. The largest absolute Gasteiger partial charge is 0.397 e. The van der Waals surface area contributed by atoms with Crippen molar-refractivity contribution in [3.63, 3.8) is 0 Å². The number of benzene rings is 1. The van der Waals surface area contributed by atoms with Crippen LogP contribution in [0.15, 0.2) is 18.2 Å². The molecule has 0 amide bonds. The molecule has 0 aliphatic rings. The van der Waals surface area contributed by atoms with Gasteiger partial charge in [-0.15, -0.1) is 0 Å². The molecule has 0 saturated heterocycles. The zero-order valence-electron chi connectivity index (χ0n) is 9.55. The number of nitrogen functional groups attached to an aromatic ring is 1. The lowest BCUT2D eigenvalue weighted by Gasteiger charge is -2.10. The Labute approximate surface area is 111 Å². The van der Waals surface area contributed by atoms with E-state index in [-0.39, 0.29) is 11.4 Å². The highest BCUT2D eigenvalue weighted by Crippen LogP contribution is 2.23. The lowest BCUT2D eigenvalue weighted by molar-refractivity contribution is 0.593. The van der Waals surface area contributed by atoms with Crippen molar-refractivity contribution in [2.45, 2.75) is 0 Å². The van der Waals surface area contributed by atoms with Crippen molar-refractivity contribution in [1.29, 1.82) is 0 Å². The van der Waals surface area contributed by atoms with E-state index in [0.717, 1.165) is 6.26 Å². The molecule has 102 valence electrons. The number of anilines is 2. The first-order valence-electron chi connectivity index (χ1n) is 4.82. The van der Waals surface area contributed by atoms with Crippen LogP contribution >= 0.6 is 11.6 Å². The van der Waals surface area contributed by atoms with Gasteiger partial charge >= 0.3 is 0 Å². The predicted octanol–water partition coefficient (Wildman–Crippen LogP) is 0.709. The quantitative estimate of drug-likeness (QED) is 0.779. The van der Waals surface area contributed by atoms with E-state index in [1.54, 1.807) is 0 Å². The van der Waals surface area contributed by atoms with Crippen LogP contribution in [0.2, 0.25) is 5.02 Å². The van der Waals surface area contributed by atoms with E-state index in [2.05, 4.69) is 4.72 Å². The third-order valence-corrected chi connectivity index (χ3v) is 4.71. The molecule has 0 atom stereocenters. The molecular formula is C9H13ClN2O4S2. The summed E-state index contributed by atoms with van der Waals surface area (Å²) in [5.41, 5.74) is 5.93. The fourth-order valence-corrected chi connectivity index (χ4v) is 4.00. The summed E-state index contributed by atoms with van der Waals surface area (Å²) >= 11 is 5.67. The van der Waals surface area contributed by atoms with E-state index >= 15 is 0 Å². The van der Waals surface area contributed by atoms with Gasteiger partial charge in [-0.2, -0.15) is 0 Å². The van der Waals surface area contributed by atoms with Crippen molar-refractivity contribution in [2.75, 3.05) is 28.2 Å². The summed E-state index contributed by atoms with van der Waals surface area (Å²) in [6.45, 7) is 0. The smallest absolute Gasteiger partial charge is 0.233 e. The number of halogens is 1. The third-order valence-electron chi connectivity index (χ3n) is 2.00. The van der Waals surface area contributed by atoms with Gasteiger partial charge in [0.2, 0.25) is 10.0 Å². The van der Waals surface area contributed by atoms with Crippen LogP contribution in [0.5, 0.6) is 0 Å². The molecule has 0 unspecified atom stereocenters. The molecule has 0 fully saturated rings. The summed E-state index contributed by atoms with van der Waals surface area (Å²) in [5, 5.41) is 0.381. The Bertz CT molecular complexity index is 641. The van der Waals surface area contributed by atoms with Crippen molar-refractivity contribution in [2.24, 2.45) is 0 Å². The van der Waals surface area contributed by atoms with Gasteiger partial charge in [0, 0.05) is 11.3 Å². The fraction of sp³-hybridized carbons (Fsp3) is 0.333. The summed E-state index contributed by atoms with van der Waals surface area (Å²) in [5.74, 6) is -0.969. The minimum atomic E-state index is -3.76. The molecule has 1 aromatic carbocycles. The molecule has 0 bridgehead atoms. The number of sulfonamides is 1. The molecule has 3 N–H and O–H groups in total. The van der Waals surface area contributed by atoms with E-state index < -0.39 is 31.4 Å². The van der Waals surface area contributed by atoms with Crippen LogP contribution in [0.1, 0.15) is 0 Å². The number of rotatable bonds is 5. The van der Waals surface area contributed by atoms with Crippen molar-refractivity contribution in [3.8, 4) is 0 Å². The van der Waals surface area contributed by atoms with Gasteiger partial charge in [0.15, 0.2) is 0 Å². The highest BCUT2D eigenvalue weighted by atomic mass is 35.5. The maximum atomic E-state index is 11.6. The Morgan fingerprint density at radius 2 is 1.83 bits per heavy atom. The Hall–Kier alpha value is -0.990. The van der Waals surface area contributed by atoms with Gasteiger partial charge in [-0.1, -0.05) is 11.6 Å². The molecule has 1 aromatic rings. The molecule has 1 rings (SSSR count). The minimum Gasteiger partial charge on any atom is -0.397 e. The Morgan fingerprint density at radius 3 is 2.33 bits per heavy atom. The van der Waals surface area contributed by atoms with E-state index in [1.165, 1.54) is 18.2 Å². The molecule has 0 heterocycles. The number of sulfone groups is 1. The molecule has 0 spiro atoms. The van der Waals surface area contributed by atoms with Gasteiger partial charge in [0.25, 0.3) is 0 Å². The maximum absolute atomic E-state index is 11.6. The highest BCUT2D eigenvalue weighted by Gasteiger charge is 2.15. The normalized spacial score (nSPS) is 12.3. The van der Waals surface area contributed by atoms with E-state index in [9.17, 15) is 16.8 Å². The van der Waals surface area contributed by atoms with E-state index in [4.69, 9.17) is 17.3 Å². The first kappa shape index (κ1) is 15.1. The number of hydrogen-bond donors (Lipinski definition) is 2. The van der Waals surface area contributed by atoms with Gasteiger partial charge in [-0.05, 0) is 18.2 Å². The molecule has 18 heavy (non-hydrogen) atoms. The lowest BCUT2D eigenvalue weighted by atomic mass is 10.3. The summed E-state index contributed by atoms with van der Waals surface area (Å²) < 4.78 is 47.3. The SMILES string of the molecule is CS(=O)(=O)CCS(=O)(=O)Nc1ccc(Cl)cc1N. The summed E-state index contributed by atoms with van der Waals surface area (Å²) in [6.07, 6.45) is 0.971. The Balaban J connectivity index is 2.83. The molecular weight excluding hydrogens is 300 g/mol. The van der Waals surface area contributed by atoms with Crippen LogP contribution in [-0.4, -0.2) is 34.6 Å². The molecule has 0 aromatic heterocycles. The zero-order chi connectivity index (χ0) is 14.0. The first-order chi connectivity index (χ1) is 8.09. The Kier molecular flexibility index (Phi) is 4.46. The van der Waals surface area contributed by atoms with Crippen molar-refractivity contribution >= 4 is 42.8 Å². The van der Waals surface area contributed by atoms with Crippen LogP contribution < -0.4 is 10.5 Å². The van der Waals surface area contributed by atoms with E-state index in [1.807, 2.05) is 0 Å². The second-order valence-corrected chi connectivity index (χ2v) is 8.32. The third kappa shape index (κ3) is 5.11. The molecule has 6 nitrogen and oxygen atoms in total. The topological polar surface area (TPSA) is 106 Å². The standard InChI is InChI=1S/C9H13ClN2O4S2/c1-17(13,14)4-5-18(15,16)12-9-3-2-7(10)6-8(9)11/h2-3,6,12H,4-5,11H2,1H3. The van der Waals surface area contributed by atoms with E-state index in [0.29, 0.717) is 5.02 Å². The van der Waals surface area contributed by atoms with Gasteiger partial charge in [-0.25, -0.2) is 16.8 Å². The van der Waals surface area contributed by atoms with Gasteiger partial charge in [0.05, 0.1) is 22.9 Å². The molecule has 0 aliphatic carbocycles. The summed E-state index contributed by atoms with van der Waals surface area (Å²) in [4.78, 5) is 0. The number of nitrogens with two attached hydrogens (primary N) is 1. The second-order valence-electron chi connectivity index (χ2n) is 3.78. The number of nitrogens with one attached hydrogen (secondary N) is 1. The lowest BCUT2D eigenvalue weighted by Crippen LogP contribution is -2.22. The van der Waals surface area contributed by atoms with Crippen LogP contribution in [0.4, 0.5) is 11.4 Å². The van der Waals surface area contributed by atoms with Gasteiger partial charge in [-0.3, -0.25) is 4.72 Å². The summed E-state index contributed by atoms with van der Waals surface area (Å²) in [7, 11) is -7.09. The van der Waals surface area contributed by atoms with Crippen molar-refractivity contribution in [3.05, 3.63) is 23.2 Å². The predicted molar refractivity (Wildman–Crippen MR) is 73.0 cm³/mol. The van der Waals surface area contributed by atoms with Crippen LogP contribution in [-0.2, 0) is 19.9 Å². The maximum Gasteiger partial charge on any atom is 0.233 e. The highest BCUT2D eigenvalue weighted by molar-refractivity contribution is 7.95. The average Bonchev–Trinajstić information content (AvgIpc) is 2.19. The monoisotopic (exact) mass is 312 g/mol. The van der Waals surface area contributed by atoms with Crippen molar-refractivity contribution < 1.29 is 16.8 Å². The van der Waals surface area contributed by atoms with Crippen LogP contribution in [0.3, 0.4) is 0 Å². The molecule has 0 saturated carbocycles. The molecule has 9 heteroatoms. The van der Waals surface area contributed by atoms with Crippen LogP contribution in [0.25, 0.3) is 0 Å². The van der Waals surface area contributed by atoms with Crippen LogP contribution in [0, 0.1) is 0 Å². The second kappa shape index (κ2) is 5.33. The fourth-order valence-electron chi connectivity index (χ4n) is 1.11. The number of hydrogen-bond acceptors (Lipinski definition) is 5. The first-order valence-corrected chi connectivity index (χ1v) is 8.91. The van der Waals surface area contributed by atoms with Gasteiger partial charge in [0.1, 0.15) is 9.84 Å². The minimum absolute atomic E-state index is 0.172. The molecule has 0 radical (unpaired) electrons. The zero-order valence-corrected chi connectivity index (χ0v) is 11.9.